The number of hydrogen-bond acceptors (Lipinski definition) is 5. The zero-order valence-corrected chi connectivity index (χ0v) is 18.0. The predicted molar refractivity (Wildman–Crippen MR) is 118 cm³/mol. The summed E-state index contributed by atoms with van der Waals surface area (Å²) in [6.45, 7) is 6.72. The minimum atomic E-state index is -0.982. The molecule has 2 aliphatic rings. The van der Waals surface area contributed by atoms with Gasteiger partial charge >= 0.3 is 6.09 Å². The number of guanidine groups is 1. The summed E-state index contributed by atoms with van der Waals surface area (Å²) in [7, 11) is 0. The molecule has 2 aliphatic heterocycles. The molecular formula is C22H30FN5O4. The highest BCUT2D eigenvalue weighted by molar-refractivity contribution is 5.87. The Morgan fingerprint density at radius 1 is 1.28 bits per heavy atom. The van der Waals surface area contributed by atoms with E-state index in [2.05, 4.69) is 11.6 Å². The molecule has 0 bridgehead atoms. The van der Waals surface area contributed by atoms with Crippen LogP contribution in [0.1, 0.15) is 18.4 Å². The molecular weight excluding hydrogens is 417 g/mol. The van der Waals surface area contributed by atoms with Crippen LogP contribution in [0.2, 0.25) is 0 Å². The summed E-state index contributed by atoms with van der Waals surface area (Å²) >= 11 is 0. The van der Waals surface area contributed by atoms with Gasteiger partial charge < -0.3 is 30.7 Å². The number of aliphatic imine (C=N–C) groups is 1. The monoisotopic (exact) mass is 447 g/mol. The van der Waals surface area contributed by atoms with Crippen molar-refractivity contribution in [3.8, 4) is 0 Å². The lowest BCUT2D eigenvalue weighted by molar-refractivity contribution is -0.142. The van der Waals surface area contributed by atoms with Gasteiger partial charge in [0.25, 0.3) is 0 Å². The molecule has 9 nitrogen and oxygen atoms in total. The van der Waals surface area contributed by atoms with Gasteiger partial charge in [-0.2, -0.15) is 0 Å². The maximum absolute atomic E-state index is 15.0. The van der Waals surface area contributed by atoms with Crippen LogP contribution in [0.15, 0.2) is 35.8 Å². The smallest absolute Gasteiger partial charge is 0.437 e. The molecule has 2 amide bonds. The number of carbonyl (C=O) groups is 2. The van der Waals surface area contributed by atoms with Gasteiger partial charge in [0.05, 0.1) is 12.3 Å². The van der Waals surface area contributed by atoms with Crippen molar-refractivity contribution < 1.29 is 23.5 Å². The Kier molecular flexibility index (Phi) is 8.04. The number of piperazine rings is 1. The summed E-state index contributed by atoms with van der Waals surface area (Å²) in [5.41, 5.74) is 10.9. The van der Waals surface area contributed by atoms with Gasteiger partial charge in [-0.15, -0.1) is 11.6 Å². The predicted octanol–water partition coefficient (Wildman–Crippen LogP) is 1.61. The summed E-state index contributed by atoms with van der Waals surface area (Å²) < 4.78 is 25.5. The van der Waals surface area contributed by atoms with Crippen molar-refractivity contribution in [2.45, 2.75) is 19.4 Å². The number of halogens is 1. The van der Waals surface area contributed by atoms with Gasteiger partial charge in [0.15, 0.2) is 11.8 Å². The Bertz CT molecular complexity index is 866. The van der Waals surface area contributed by atoms with Crippen LogP contribution in [0, 0.1) is 17.7 Å². The van der Waals surface area contributed by atoms with E-state index in [0.717, 1.165) is 6.42 Å². The first-order valence-electron chi connectivity index (χ1n) is 10.7. The highest BCUT2D eigenvalue weighted by Crippen LogP contribution is 2.29. The van der Waals surface area contributed by atoms with Crippen LogP contribution in [-0.4, -0.2) is 62.3 Å². The molecule has 0 spiro atoms. The standard InChI is InChI=1S/C22H30FN5O4/c1-2-4-15-13-31-12-7-17(15)20(29)28-10-8-27(9-11-28)18-6-3-5-16(19(18)23)14-32-22(30)26-21(24)25/h2-3,5-6,15,17H,1,4,7-14H2,(H4,24,25,26,30). The first-order chi connectivity index (χ1) is 15.4. The summed E-state index contributed by atoms with van der Waals surface area (Å²) in [6, 6.07) is 4.90. The van der Waals surface area contributed by atoms with E-state index in [1.807, 2.05) is 15.9 Å². The van der Waals surface area contributed by atoms with Crippen molar-refractivity contribution >= 4 is 23.6 Å². The minimum Gasteiger partial charge on any atom is -0.443 e. The van der Waals surface area contributed by atoms with Gasteiger partial charge in [0.1, 0.15) is 6.61 Å². The molecule has 4 N–H and O–H groups in total. The number of hydrogen-bond donors (Lipinski definition) is 2. The first kappa shape index (κ1) is 23.5. The SMILES string of the molecule is C=CCC1COCCC1C(=O)N1CCN(c2cccc(COC(=O)N=C(N)N)c2F)CC1. The average Bonchev–Trinajstić information content (AvgIpc) is 2.78. The first-order valence-corrected chi connectivity index (χ1v) is 10.7. The number of rotatable bonds is 6. The Morgan fingerprint density at radius 2 is 2.03 bits per heavy atom. The number of ether oxygens (including phenoxy) is 2. The van der Waals surface area contributed by atoms with Crippen LogP contribution in [-0.2, 0) is 20.9 Å². The zero-order valence-electron chi connectivity index (χ0n) is 18.0. The molecule has 1 aromatic carbocycles. The summed E-state index contributed by atoms with van der Waals surface area (Å²) in [4.78, 5) is 31.6. The van der Waals surface area contributed by atoms with Crippen LogP contribution in [0.4, 0.5) is 14.9 Å². The van der Waals surface area contributed by atoms with Gasteiger partial charge in [-0.3, -0.25) is 4.79 Å². The van der Waals surface area contributed by atoms with E-state index >= 15 is 4.39 Å². The van der Waals surface area contributed by atoms with Crippen LogP contribution in [0.5, 0.6) is 0 Å². The van der Waals surface area contributed by atoms with Crippen molar-refractivity contribution in [3.05, 3.63) is 42.2 Å². The van der Waals surface area contributed by atoms with E-state index in [0.29, 0.717) is 51.5 Å². The molecule has 10 heteroatoms. The highest BCUT2D eigenvalue weighted by Gasteiger charge is 2.35. The maximum Gasteiger partial charge on any atom is 0.437 e. The summed E-state index contributed by atoms with van der Waals surface area (Å²) in [6.07, 6.45) is 2.32. The number of amides is 2. The molecule has 2 atom stereocenters. The van der Waals surface area contributed by atoms with E-state index in [1.54, 1.807) is 12.1 Å². The average molecular weight is 448 g/mol. The molecule has 0 saturated carbocycles. The van der Waals surface area contributed by atoms with Crippen molar-refractivity contribution in [1.82, 2.24) is 4.90 Å². The van der Waals surface area contributed by atoms with Crippen molar-refractivity contribution in [2.75, 3.05) is 44.3 Å². The topological polar surface area (TPSA) is 123 Å². The lowest BCUT2D eigenvalue weighted by atomic mass is 9.84. The molecule has 2 unspecified atom stereocenters. The molecule has 2 fully saturated rings. The molecule has 0 radical (unpaired) electrons. The third-order valence-corrected chi connectivity index (χ3v) is 5.82. The molecule has 2 saturated heterocycles. The highest BCUT2D eigenvalue weighted by atomic mass is 19.1. The van der Waals surface area contributed by atoms with Gasteiger partial charge in [-0.25, -0.2) is 9.18 Å². The molecule has 1 aromatic rings. The third-order valence-electron chi connectivity index (χ3n) is 5.82. The fourth-order valence-electron chi connectivity index (χ4n) is 4.17. The number of carbonyl (C=O) groups excluding carboxylic acids is 2. The Labute approximate surface area is 186 Å². The number of anilines is 1. The fraction of sp³-hybridized carbons (Fsp3) is 0.500. The summed E-state index contributed by atoms with van der Waals surface area (Å²) in [5.74, 6) is -0.662. The number of nitrogens with two attached hydrogens (primary N) is 2. The molecule has 0 aromatic heterocycles. The largest absolute Gasteiger partial charge is 0.443 e. The number of nitrogens with zero attached hydrogens (tertiary/aromatic N) is 3. The Morgan fingerprint density at radius 3 is 2.72 bits per heavy atom. The molecule has 0 aliphatic carbocycles. The summed E-state index contributed by atoms with van der Waals surface area (Å²) in [5, 5.41) is 0. The Hall–Kier alpha value is -3.14. The van der Waals surface area contributed by atoms with Crippen molar-refractivity contribution in [1.29, 1.82) is 0 Å². The molecule has 32 heavy (non-hydrogen) atoms. The van der Waals surface area contributed by atoms with Gasteiger partial charge in [0, 0.05) is 44.3 Å². The lowest BCUT2D eigenvalue weighted by Crippen LogP contribution is -2.52. The van der Waals surface area contributed by atoms with Gasteiger partial charge in [0.2, 0.25) is 5.91 Å². The zero-order chi connectivity index (χ0) is 23.1. The minimum absolute atomic E-state index is 0.0618. The number of benzene rings is 1. The van der Waals surface area contributed by atoms with E-state index in [1.165, 1.54) is 6.07 Å². The van der Waals surface area contributed by atoms with E-state index in [4.69, 9.17) is 20.9 Å². The molecule has 174 valence electrons. The molecule has 3 rings (SSSR count). The second kappa shape index (κ2) is 10.9. The van der Waals surface area contributed by atoms with Crippen LogP contribution in [0.25, 0.3) is 0 Å². The van der Waals surface area contributed by atoms with E-state index in [-0.39, 0.29) is 29.9 Å². The second-order valence-electron chi connectivity index (χ2n) is 7.91. The fourth-order valence-corrected chi connectivity index (χ4v) is 4.17. The lowest BCUT2D eigenvalue weighted by Gasteiger charge is -2.40. The maximum atomic E-state index is 15.0. The van der Waals surface area contributed by atoms with Crippen LogP contribution < -0.4 is 16.4 Å². The van der Waals surface area contributed by atoms with Gasteiger partial charge in [-0.1, -0.05) is 18.2 Å². The van der Waals surface area contributed by atoms with Crippen molar-refractivity contribution in [2.24, 2.45) is 28.3 Å². The third kappa shape index (κ3) is 5.76. The number of allylic oxidation sites excluding steroid dienone is 1. The van der Waals surface area contributed by atoms with Crippen LogP contribution in [0.3, 0.4) is 0 Å². The molecule has 2 heterocycles. The normalized spacial score (nSPS) is 21.0. The quantitative estimate of drug-likeness (QED) is 0.386. The van der Waals surface area contributed by atoms with E-state index in [9.17, 15) is 9.59 Å². The van der Waals surface area contributed by atoms with Gasteiger partial charge in [-0.05, 0) is 24.8 Å². The van der Waals surface area contributed by atoms with Crippen LogP contribution >= 0.6 is 0 Å². The second-order valence-corrected chi connectivity index (χ2v) is 7.91. The van der Waals surface area contributed by atoms with E-state index < -0.39 is 17.9 Å². The Balaban J connectivity index is 1.60. The van der Waals surface area contributed by atoms with Crippen molar-refractivity contribution in [3.63, 3.8) is 0 Å².